The molecule has 0 unspecified atom stereocenters. The average Bonchev–Trinajstić information content (AvgIpc) is 2.40. The van der Waals surface area contributed by atoms with Gasteiger partial charge in [0.2, 0.25) is 0 Å². The minimum atomic E-state index is 0.846. The zero-order chi connectivity index (χ0) is 12.8. The van der Waals surface area contributed by atoms with Crippen molar-refractivity contribution in [2.45, 2.75) is 19.9 Å². The van der Waals surface area contributed by atoms with Crippen molar-refractivity contribution in [2.24, 2.45) is 0 Å². The number of ether oxygens (including phenoxy) is 1. The van der Waals surface area contributed by atoms with Gasteiger partial charge in [-0.15, -0.1) is 0 Å². The third-order valence-electron chi connectivity index (χ3n) is 3.39. The number of nitrogens with zero attached hydrogens (tertiary/aromatic N) is 2. The lowest BCUT2D eigenvalue weighted by Gasteiger charge is -2.31. The predicted octanol–water partition coefficient (Wildman–Crippen LogP) is 2.37. The Balaban J connectivity index is 2.09. The Morgan fingerprint density at radius 3 is 2.67 bits per heavy atom. The lowest BCUT2D eigenvalue weighted by molar-refractivity contribution is 0.122. The zero-order valence-electron chi connectivity index (χ0n) is 11.6. The molecule has 0 aromatic heterocycles. The lowest BCUT2D eigenvalue weighted by Crippen LogP contribution is -2.37. The van der Waals surface area contributed by atoms with Gasteiger partial charge in [-0.2, -0.15) is 0 Å². The summed E-state index contributed by atoms with van der Waals surface area (Å²) in [6.45, 7) is 8.12. The predicted molar refractivity (Wildman–Crippen MR) is 76.1 cm³/mol. The van der Waals surface area contributed by atoms with E-state index in [9.17, 15) is 0 Å². The Bertz CT molecular complexity index is 361. The second-order valence-electron chi connectivity index (χ2n) is 4.97. The number of morpholine rings is 1. The molecule has 3 heteroatoms. The van der Waals surface area contributed by atoms with Gasteiger partial charge in [0, 0.05) is 25.3 Å². The first-order valence-electron chi connectivity index (χ1n) is 6.90. The van der Waals surface area contributed by atoms with E-state index in [1.165, 1.54) is 17.7 Å². The van der Waals surface area contributed by atoms with Crippen LogP contribution in [-0.2, 0) is 11.3 Å². The Morgan fingerprint density at radius 2 is 1.94 bits per heavy atom. The summed E-state index contributed by atoms with van der Waals surface area (Å²) >= 11 is 0. The maximum atomic E-state index is 5.43. The van der Waals surface area contributed by atoms with Gasteiger partial charge >= 0.3 is 0 Å². The first-order chi connectivity index (χ1) is 8.81. The summed E-state index contributed by atoms with van der Waals surface area (Å²) in [5, 5.41) is 0. The number of anilines is 1. The van der Waals surface area contributed by atoms with Crippen LogP contribution in [0.2, 0.25) is 0 Å². The number of hydrogen-bond acceptors (Lipinski definition) is 3. The topological polar surface area (TPSA) is 15.7 Å². The lowest BCUT2D eigenvalue weighted by atomic mass is 10.1. The minimum Gasteiger partial charge on any atom is -0.378 e. The van der Waals surface area contributed by atoms with Gasteiger partial charge in [0.05, 0.1) is 13.2 Å². The fraction of sp³-hybridized carbons (Fsp3) is 0.600. The SMILES string of the molecule is CCCN(C)Cc1ccccc1N1CCOCC1. The van der Waals surface area contributed by atoms with Crippen LogP contribution in [0.1, 0.15) is 18.9 Å². The summed E-state index contributed by atoms with van der Waals surface area (Å²) in [5.41, 5.74) is 2.80. The summed E-state index contributed by atoms with van der Waals surface area (Å²) in [6.07, 6.45) is 1.20. The molecule has 0 bridgehead atoms. The fourth-order valence-electron chi connectivity index (χ4n) is 2.51. The average molecular weight is 248 g/mol. The van der Waals surface area contributed by atoms with E-state index < -0.39 is 0 Å². The largest absolute Gasteiger partial charge is 0.378 e. The number of para-hydroxylation sites is 1. The third kappa shape index (κ3) is 3.47. The van der Waals surface area contributed by atoms with Gasteiger partial charge in [-0.05, 0) is 31.6 Å². The highest BCUT2D eigenvalue weighted by atomic mass is 16.5. The van der Waals surface area contributed by atoms with E-state index in [4.69, 9.17) is 4.74 Å². The van der Waals surface area contributed by atoms with Crippen LogP contribution >= 0.6 is 0 Å². The molecule has 1 aliphatic rings. The van der Waals surface area contributed by atoms with E-state index in [1.807, 2.05) is 0 Å². The quantitative estimate of drug-likeness (QED) is 0.795. The monoisotopic (exact) mass is 248 g/mol. The second-order valence-corrected chi connectivity index (χ2v) is 4.97. The van der Waals surface area contributed by atoms with Crippen LogP contribution in [-0.4, -0.2) is 44.8 Å². The van der Waals surface area contributed by atoms with Crippen molar-refractivity contribution in [1.29, 1.82) is 0 Å². The summed E-state index contributed by atoms with van der Waals surface area (Å²) < 4.78 is 5.43. The van der Waals surface area contributed by atoms with E-state index in [-0.39, 0.29) is 0 Å². The summed E-state index contributed by atoms with van der Waals surface area (Å²) in [4.78, 5) is 4.83. The molecule has 0 spiro atoms. The van der Waals surface area contributed by atoms with Gasteiger partial charge in [0.25, 0.3) is 0 Å². The number of hydrogen-bond donors (Lipinski definition) is 0. The molecule has 0 N–H and O–H groups in total. The third-order valence-corrected chi connectivity index (χ3v) is 3.39. The Labute approximate surface area is 110 Å². The molecule has 0 atom stereocenters. The van der Waals surface area contributed by atoms with E-state index in [1.54, 1.807) is 0 Å². The first kappa shape index (κ1) is 13.4. The van der Waals surface area contributed by atoms with Crippen LogP contribution in [0.5, 0.6) is 0 Å². The number of rotatable bonds is 5. The molecule has 1 saturated heterocycles. The molecule has 1 aliphatic heterocycles. The van der Waals surface area contributed by atoms with Gasteiger partial charge in [0.1, 0.15) is 0 Å². The van der Waals surface area contributed by atoms with Crippen LogP contribution in [0, 0.1) is 0 Å². The highest BCUT2D eigenvalue weighted by Crippen LogP contribution is 2.22. The van der Waals surface area contributed by atoms with E-state index >= 15 is 0 Å². The van der Waals surface area contributed by atoms with Crippen molar-refractivity contribution in [1.82, 2.24) is 4.90 Å². The summed E-state index contributed by atoms with van der Waals surface area (Å²) in [5.74, 6) is 0. The van der Waals surface area contributed by atoms with E-state index in [2.05, 4.69) is 48.0 Å². The Hall–Kier alpha value is -1.06. The van der Waals surface area contributed by atoms with Gasteiger partial charge in [-0.25, -0.2) is 0 Å². The molecule has 1 aromatic carbocycles. The van der Waals surface area contributed by atoms with Crippen molar-refractivity contribution in [3.8, 4) is 0 Å². The molecule has 2 rings (SSSR count). The molecule has 1 aromatic rings. The van der Waals surface area contributed by atoms with Gasteiger partial charge in [-0.1, -0.05) is 25.1 Å². The smallest absolute Gasteiger partial charge is 0.0642 e. The molecule has 3 nitrogen and oxygen atoms in total. The van der Waals surface area contributed by atoms with Crippen LogP contribution < -0.4 is 4.90 Å². The zero-order valence-corrected chi connectivity index (χ0v) is 11.6. The summed E-state index contributed by atoms with van der Waals surface area (Å²) in [6, 6.07) is 8.75. The van der Waals surface area contributed by atoms with Crippen molar-refractivity contribution < 1.29 is 4.74 Å². The van der Waals surface area contributed by atoms with Gasteiger partial charge in [-0.3, -0.25) is 0 Å². The fourth-order valence-corrected chi connectivity index (χ4v) is 2.51. The van der Waals surface area contributed by atoms with Crippen molar-refractivity contribution in [2.75, 3.05) is 44.8 Å². The maximum absolute atomic E-state index is 5.43. The minimum absolute atomic E-state index is 0.846. The molecular weight excluding hydrogens is 224 g/mol. The molecule has 1 heterocycles. The molecule has 0 aliphatic carbocycles. The first-order valence-corrected chi connectivity index (χ1v) is 6.90. The highest BCUT2D eigenvalue weighted by molar-refractivity contribution is 5.53. The van der Waals surface area contributed by atoms with Crippen LogP contribution in [0.25, 0.3) is 0 Å². The van der Waals surface area contributed by atoms with Crippen LogP contribution in [0.15, 0.2) is 24.3 Å². The molecule has 1 fully saturated rings. The van der Waals surface area contributed by atoms with Gasteiger partial charge < -0.3 is 14.5 Å². The molecule has 18 heavy (non-hydrogen) atoms. The normalized spacial score (nSPS) is 16.3. The van der Waals surface area contributed by atoms with Crippen molar-refractivity contribution >= 4 is 5.69 Å². The molecule has 0 saturated carbocycles. The van der Waals surface area contributed by atoms with E-state index in [0.29, 0.717) is 0 Å². The van der Waals surface area contributed by atoms with Crippen LogP contribution in [0.3, 0.4) is 0 Å². The highest BCUT2D eigenvalue weighted by Gasteiger charge is 2.14. The molecular formula is C15H24N2O. The Kier molecular flexibility index (Phi) is 5.02. The number of benzene rings is 1. The Morgan fingerprint density at radius 1 is 1.22 bits per heavy atom. The van der Waals surface area contributed by atoms with E-state index in [0.717, 1.165) is 39.4 Å². The second kappa shape index (κ2) is 6.76. The molecule has 0 radical (unpaired) electrons. The van der Waals surface area contributed by atoms with Crippen molar-refractivity contribution in [3.05, 3.63) is 29.8 Å². The van der Waals surface area contributed by atoms with Crippen LogP contribution in [0.4, 0.5) is 5.69 Å². The standard InChI is InChI=1S/C15H24N2O/c1-3-8-16(2)13-14-6-4-5-7-15(14)17-9-11-18-12-10-17/h4-7H,3,8-13H2,1-2H3. The summed E-state index contributed by atoms with van der Waals surface area (Å²) in [7, 11) is 2.19. The maximum Gasteiger partial charge on any atom is 0.0642 e. The van der Waals surface area contributed by atoms with Crippen molar-refractivity contribution in [3.63, 3.8) is 0 Å². The van der Waals surface area contributed by atoms with Gasteiger partial charge in [0.15, 0.2) is 0 Å². The molecule has 0 amide bonds. The molecule has 100 valence electrons.